The van der Waals surface area contributed by atoms with Gasteiger partial charge in [0.25, 0.3) is 5.56 Å². The Hall–Kier alpha value is -1.56. The number of carbonyl (C=O) groups is 1. The Morgan fingerprint density at radius 2 is 2.28 bits per heavy atom. The topological polar surface area (TPSA) is 76.0 Å². The van der Waals surface area contributed by atoms with Gasteiger partial charge in [-0.2, -0.15) is 5.10 Å². The van der Waals surface area contributed by atoms with Crippen molar-refractivity contribution < 1.29 is 4.79 Å². The Labute approximate surface area is 110 Å². The molecule has 2 N–H and O–H groups in total. The molecule has 0 saturated heterocycles. The Balaban J connectivity index is 2.76. The third-order valence-corrected chi connectivity index (χ3v) is 2.76. The van der Waals surface area contributed by atoms with Crippen LogP contribution in [0.4, 0.5) is 5.69 Å². The highest BCUT2D eigenvalue weighted by Gasteiger charge is 2.15. The number of amides is 1. The fourth-order valence-corrected chi connectivity index (χ4v) is 1.54. The maximum atomic E-state index is 11.6. The molecule has 0 spiro atoms. The number of hydrogen-bond acceptors (Lipinski definition) is 4. The van der Waals surface area contributed by atoms with E-state index in [4.69, 9.17) is 11.6 Å². The lowest BCUT2D eigenvalue weighted by Gasteiger charge is -2.15. The molecule has 0 aliphatic rings. The second-order valence-corrected chi connectivity index (χ2v) is 4.34. The molecule has 1 heterocycles. The molecule has 7 heteroatoms. The number of aromatic nitrogens is 2. The molecule has 1 atom stereocenters. The molecule has 1 aromatic rings. The third kappa shape index (κ3) is 3.46. The molecule has 0 saturated carbocycles. The molecular formula is C11H17ClN4O2. The van der Waals surface area contributed by atoms with E-state index in [2.05, 4.69) is 15.7 Å². The van der Waals surface area contributed by atoms with Crippen molar-refractivity contribution in [2.24, 2.45) is 7.05 Å². The van der Waals surface area contributed by atoms with Crippen molar-refractivity contribution in [1.82, 2.24) is 15.1 Å². The number of nitrogens with one attached hydrogen (secondary N) is 2. The molecule has 1 amide bonds. The standard InChI is InChI=1S/C11H17ClN4O2/c1-4-5-13-10(17)7(2)15-8-6-14-16(3)11(18)9(8)12/h6-7,15H,4-5H2,1-3H3,(H,13,17). The Bertz CT molecular complexity index is 486. The summed E-state index contributed by atoms with van der Waals surface area (Å²) in [7, 11) is 1.51. The van der Waals surface area contributed by atoms with Crippen LogP contribution in [-0.2, 0) is 11.8 Å². The minimum atomic E-state index is -0.483. The highest BCUT2D eigenvalue weighted by Crippen LogP contribution is 2.15. The lowest BCUT2D eigenvalue weighted by molar-refractivity contribution is -0.121. The number of aryl methyl sites for hydroxylation is 1. The number of nitrogens with zero attached hydrogens (tertiary/aromatic N) is 2. The van der Waals surface area contributed by atoms with Gasteiger partial charge in [0.15, 0.2) is 0 Å². The van der Waals surface area contributed by atoms with E-state index >= 15 is 0 Å². The maximum Gasteiger partial charge on any atom is 0.287 e. The number of hydrogen-bond donors (Lipinski definition) is 2. The van der Waals surface area contributed by atoms with E-state index in [0.29, 0.717) is 12.2 Å². The monoisotopic (exact) mass is 272 g/mol. The van der Waals surface area contributed by atoms with Crippen molar-refractivity contribution in [1.29, 1.82) is 0 Å². The molecule has 0 bridgehead atoms. The van der Waals surface area contributed by atoms with E-state index in [1.165, 1.54) is 13.2 Å². The van der Waals surface area contributed by atoms with Gasteiger partial charge in [0.1, 0.15) is 11.1 Å². The van der Waals surface area contributed by atoms with Gasteiger partial charge < -0.3 is 10.6 Å². The average molecular weight is 273 g/mol. The number of rotatable bonds is 5. The first-order valence-electron chi connectivity index (χ1n) is 5.73. The summed E-state index contributed by atoms with van der Waals surface area (Å²) < 4.78 is 1.13. The van der Waals surface area contributed by atoms with Gasteiger partial charge >= 0.3 is 0 Å². The lowest BCUT2D eigenvalue weighted by Crippen LogP contribution is -2.38. The molecule has 6 nitrogen and oxygen atoms in total. The third-order valence-electron chi connectivity index (χ3n) is 2.39. The van der Waals surface area contributed by atoms with Crippen LogP contribution in [0.3, 0.4) is 0 Å². The van der Waals surface area contributed by atoms with Crippen LogP contribution in [0.1, 0.15) is 20.3 Å². The van der Waals surface area contributed by atoms with Crippen LogP contribution in [0.5, 0.6) is 0 Å². The fourth-order valence-electron chi connectivity index (χ4n) is 1.31. The molecule has 0 aromatic carbocycles. The summed E-state index contributed by atoms with van der Waals surface area (Å²) in [6, 6.07) is -0.483. The van der Waals surface area contributed by atoms with Crippen LogP contribution in [0, 0.1) is 0 Å². The molecule has 100 valence electrons. The first-order chi connectivity index (χ1) is 8.47. The van der Waals surface area contributed by atoms with Gasteiger partial charge in [-0.3, -0.25) is 9.59 Å². The quantitative estimate of drug-likeness (QED) is 0.830. The van der Waals surface area contributed by atoms with E-state index in [1.807, 2.05) is 6.92 Å². The minimum Gasteiger partial charge on any atom is -0.371 e. The highest BCUT2D eigenvalue weighted by molar-refractivity contribution is 6.33. The molecular weight excluding hydrogens is 256 g/mol. The Morgan fingerprint density at radius 3 is 2.89 bits per heavy atom. The van der Waals surface area contributed by atoms with Gasteiger partial charge in [0.2, 0.25) is 5.91 Å². The maximum absolute atomic E-state index is 11.6. The van der Waals surface area contributed by atoms with Gasteiger partial charge in [-0.1, -0.05) is 18.5 Å². The predicted molar refractivity (Wildman–Crippen MR) is 70.9 cm³/mol. The van der Waals surface area contributed by atoms with Crippen LogP contribution in [0.25, 0.3) is 0 Å². The summed E-state index contributed by atoms with van der Waals surface area (Å²) in [6.07, 6.45) is 2.29. The number of anilines is 1. The first-order valence-corrected chi connectivity index (χ1v) is 6.11. The van der Waals surface area contributed by atoms with Crippen molar-refractivity contribution >= 4 is 23.2 Å². The summed E-state index contributed by atoms with van der Waals surface area (Å²) >= 11 is 5.88. The Kier molecular flexibility index (Phi) is 5.15. The molecule has 0 fully saturated rings. The van der Waals surface area contributed by atoms with Crippen molar-refractivity contribution in [2.75, 3.05) is 11.9 Å². The van der Waals surface area contributed by atoms with Crippen LogP contribution >= 0.6 is 11.6 Å². The predicted octanol–water partition coefficient (Wildman–Crippen LogP) is 0.760. The van der Waals surface area contributed by atoms with Crippen LogP contribution in [0.2, 0.25) is 5.02 Å². The second-order valence-electron chi connectivity index (χ2n) is 3.96. The number of carbonyl (C=O) groups excluding carboxylic acids is 1. The molecule has 1 rings (SSSR count). The van der Waals surface area contributed by atoms with E-state index in [1.54, 1.807) is 6.92 Å². The smallest absolute Gasteiger partial charge is 0.287 e. The average Bonchev–Trinajstić information content (AvgIpc) is 2.36. The largest absolute Gasteiger partial charge is 0.371 e. The summed E-state index contributed by atoms with van der Waals surface area (Å²) in [5.74, 6) is -0.145. The zero-order valence-electron chi connectivity index (χ0n) is 10.7. The van der Waals surface area contributed by atoms with Gasteiger partial charge in [-0.15, -0.1) is 0 Å². The van der Waals surface area contributed by atoms with Crippen LogP contribution < -0.4 is 16.2 Å². The molecule has 0 aliphatic carbocycles. The van der Waals surface area contributed by atoms with Crippen LogP contribution in [0.15, 0.2) is 11.0 Å². The molecule has 0 aliphatic heterocycles. The molecule has 18 heavy (non-hydrogen) atoms. The van der Waals surface area contributed by atoms with Gasteiger partial charge in [0, 0.05) is 13.6 Å². The molecule has 1 unspecified atom stereocenters. The van der Waals surface area contributed by atoms with E-state index in [0.717, 1.165) is 11.1 Å². The number of halogens is 1. The first kappa shape index (κ1) is 14.5. The zero-order chi connectivity index (χ0) is 13.7. The van der Waals surface area contributed by atoms with E-state index < -0.39 is 11.6 Å². The minimum absolute atomic E-state index is 0.0302. The van der Waals surface area contributed by atoms with Crippen molar-refractivity contribution in [3.63, 3.8) is 0 Å². The molecule has 0 radical (unpaired) electrons. The SMILES string of the molecule is CCCNC(=O)C(C)Nc1cnn(C)c(=O)c1Cl. The zero-order valence-corrected chi connectivity index (χ0v) is 11.4. The van der Waals surface area contributed by atoms with Gasteiger partial charge in [0.05, 0.1) is 11.9 Å². The van der Waals surface area contributed by atoms with E-state index in [9.17, 15) is 9.59 Å². The van der Waals surface area contributed by atoms with Gasteiger partial charge in [-0.05, 0) is 13.3 Å². The summed E-state index contributed by atoms with van der Waals surface area (Å²) in [4.78, 5) is 23.2. The van der Waals surface area contributed by atoms with Gasteiger partial charge in [-0.25, -0.2) is 4.68 Å². The normalized spacial score (nSPS) is 12.0. The van der Waals surface area contributed by atoms with E-state index in [-0.39, 0.29) is 10.9 Å². The second kappa shape index (κ2) is 6.39. The van der Waals surface area contributed by atoms with Crippen molar-refractivity contribution in [3.8, 4) is 0 Å². The van der Waals surface area contributed by atoms with Crippen LogP contribution in [-0.4, -0.2) is 28.3 Å². The fraction of sp³-hybridized carbons (Fsp3) is 0.545. The summed E-state index contributed by atoms with van der Waals surface area (Å²) in [5, 5.41) is 9.49. The molecule has 1 aromatic heterocycles. The lowest BCUT2D eigenvalue weighted by atomic mass is 10.3. The Morgan fingerprint density at radius 1 is 1.61 bits per heavy atom. The van der Waals surface area contributed by atoms with Crippen molar-refractivity contribution in [3.05, 3.63) is 21.6 Å². The highest BCUT2D eigenvalue weighted by atomic mass is 35.5. The summed E-state index contributed by atoms with van der Waals surface area (Å²) in [6.45, 7) is 4.28. The van der Waals surface area contributed by atoms with Crippen molar-refractivity contribution in [2.45, 2.75) is 26.3 Å². The summed E-state index contributed by atoms with van der Waals surface area (Å²) in [5.41, 5.74) is -0.0400.